The third-order valence-corrected chi connectivity index (χ3v) is 2.05. The number of carbonyl (C=O) groups excluding carboxylic acids is 2. The molecule has 0 aromatic carbocycles. The molecule has 0 aliphatic heterocycles. The molecule has 0 fully saturated rings. The standard InChI is InChI=1S/C10H19NO2/c1-7(2)6-10(5,8(3)12)11-9(4)13/h7H,6H2,1-5H3,(H,11,13). The van der Waals surface area contributed by atoms with Crippen molar-refractivity contribution in [3.8, 4) is 0 Å². The van der Waals surface area contributed by atoms with Crippen molar-refractivity contribution in [2.75, 3.05) is 0 Å². The summed E-state index contributed by atoms with van der Waals surface area (Å²) in [6.45, 7) is 8.78. The van der Waals surface area contributed by atoms with Gasteiger partial charge in [0.2, 0.25) is 5.91 Å². The van der Waals surface area contributed by atoms with E-state index in [1.165, 1.54) is 13.8 Å². The predicted octanol–water partition coefficient (Wildman–Crippen LogP) is 1.52. The molecule has 1 unspecified atom stereocenters. The summed E-state index contributed by atoms with van der Waals surface area (Å²) < 4.78 is 0. The summed E-state index contributed by atoms with van der Waals surface area (Å²) in [6, 6.07) is 0. The van der Waals surface area contributed by atoms with Gasteiger partial charge in [-0.2, -0.15) is 0 Å². The van der Waals surface area contributed by atoms with Crippen LogP contribution in [0, 0.1) is 5.92 Å². The Balaban J connectivity index is 4.52. The minimum atomic E-state index is -0.694. The van der Waals surface area contributed by atoms with Crippen molar-refractivity contribution in [2.45, 2.75) is 46.6 Å². The van der Waals surface area contributed by atoms with Crippen LogP contribution in [0.5, 0.6) is 0 Å². The fourth-order valence-corrected chi connectivity index (χ4v) is 1.49. The van der Waals surface area contributed by atoms with Gasteiger partial charge >= 0.3 is 0 Å². The van der Waals surface area contributed by atoms with Crippen LogP contribution >= 0.6 is 0 Å². The first-order valence-corrected chi connectivity index (χ1v) is 4.57. The fraction of sp³-hybridized carbons (Fsp3) is 0.800. The lowest BCUT2D eigenvalue weighted by atomic mass is 9.87. The summed E-state index contributed by atoms with van der Waals surface area (Å²) in [5.74, 6) is 0.246. The first-order valence-electron chi connectivity index (χ1n) is 4.57. The zero-order valence-corrected chi connectivity index (χ0v) is 9.10. The van der Waals surface area contributed by atoms with Gasteiger partial charge in [-0.05, 0) is 26.2 Å². The molecule has 0 heterocycles. The predicted molar refractivity (Wildman–Crippen MR) is 52.4 cm³/mol. The van der Waals surface area contributed by atoms with Crippen molar-refractivity contribution in [1.29, 1.82) is 0 Å². The Kier molecular flexibility index (Phi) is 4.11. The topological polar surface area (TPSA) is 46.2 Å². The molecule has 0 aromatic rings. The molecular formula is C10H19NO2. The summed E-state index contributed by atoms with van der Waals surface area (Å²) in [7, 11) is 0. The van der Waals surface area contributed by atoms with E-state index >= 15 is 0 Å². The number of carbonyl (C=O) groups is 2. The summed E-state index contributed by atoms with van der Waals surface area (Å²) >= 11 is 0. The quantitative estimate of drug-likeness (QED) is 0.721. The second kappa shape index (κ2) is 4.40. The first-order chi connectivity index (χ1) is 5.78. The normalized spacial score (nSPS) is 15.2. The highest BCUT2D eigenvalue weighted by Gasteiger charge is 2.31. The number of Topliss-reactive ketones (excluding diaryl/α,β-unsaturated/α-hetero) is 1. The van der Waals surface area contributed by atoms with E-state index in [1.54, 1.807) is 6.92 Å². The van der Waals surface area contributed by atoms with Gasteiger partial charge in [-0.1, -0.05) is 13.8 Å². The highest BCUT2D eigenvalue weighted by atomic mass is 16.2. The van der Waals surface area contributed by atoms with E-state index < -0.39 is 5.54 Å². The van der Waals surface area contributed by atoms with Gasteiger partial charge in [0.1, 0.15) is 0 Å². The second-order valence-corrected chi connectivity index (χ2v) is 4.17. The molecule has 1 N–H and O–H groups in total. The lowest BCUT2D eigenvalue weighted by Crippen LogP contribution is -2.51. The molecule has 1 amide bonds. The van der Waals surface area contributed by atoms with Crippen molar-refractivity contribution in [3.63, 3.8) is 0 Å². The highest BCUT2D eigenvalue weighted by Crippen LogP contribution is 2.17. The Morgan fingerprint density at radius 3 is 2.00 bits per heavy atom. The number of amides is 1. The van der Waals surface area contributed by atoms with Gasteiger partial charge in [0.25, 0.3) is 0 Å². The smallest absolute Gasteiger partial charge is 0.217 e. The van der Waals surface area contributed by atoms with Crippen molar-refractivity contribution >= 4 is 11.7 Å². The van der Waals surface area contributed by atoms with Crippen LogP contribution in [0.2, 0.25) is 0 Å². The molecule has 13 heavy (non-hydrogen) atoms. The summed E-state index contributed by atoms with van der Waals surface area (Å²) in [5, 5.41) is 2.70. The van der Waals surface area contributed by atoms with Crippen molar-refractivity contribution in [2.24, 2.45) is 5.92 Å². The van der Waals surface area contributed by atoms with Crippen molar-refractivity contribution in [3.05, 3.63) is 0 Å². The molecule has 0 aromatic heterocycles. The van der Waals surface area contributed by atoms with E-state index in [4.69, 9.17) is 0 Å². The summed E-state index contributed by atoms with van der Waals surface area (Å²) in [5.41, 5.74) is -0.694. The minimum absolute atomic E-state index is 0.0106. The molecule has 0 saturated heterocycles. The van der Waals surface area contributed by atoms with Gasteiger partial charge < -0.3 is 5.32 Å². The van der Waals surface area contributed by atoms with Crippen LogP contribution in [0.4, 0.5) is 0 Å². The van der Waals surface area contributed by atoms with E-state index in [2.05, 4.69) is 5.32 Å². The van der Waals surface area contributed by atoms with Crippen LogP contribution in [0.25, 0.3) is 0 Å². The fourth-order valence-electron chi connectivity index (χ4n) is 1.49. The third-order valence-electron chi connectivity index (χ3n) is 2.05. The van der Waals surface area contributed by atoms with E-state index in [0.717, 1.165) is 0 Å². The van der Waals surface area contributed by atoms with Gasteiger partial charge in [-0.3, -0.25) is 9.59 Å². The molecule has 0 saturated carbocycles. The third kappa shape index (κ3) is 4.06. The van der Waals surface area contributed by atoms with Gasteiger partial charge in [-0.15, -0.1) is 0 Å². The minimum Gasteiger partial charge on any atom is -0.344 e. The zero-order chi connectivity index (χ0) is 10.6. The van der Waals surface area contributed by atoms with Crippen molar-refractivity contribution in [1.82, 2.24) is 5.32 Å². The largest absolute Gasteiger partial charge is 0.344 e. The van der Waals surface area contributed by atoms with Crippen LogP contribution in [0.15, 0.2) is 0 Å². The number of nitrogens with one attached hydrogen (secondary N) is 1. The summed E-state index contributed by atoms with van der Waals surface area (Å²) in [6.07, 6.45) is 0.682. The maximum atomic E-state index is 11.3. The van der Waals surface area contributed by atoms with Crippen LogP contribution < -0.4 is 5.32 Å². The van der Waals surface area contributed by atoms with E-state index in [-0.39, 0.29) is 11.7 Å². The SMILES string of the molecule is CC(=O)NC(C)(CC(C)C)C(C)=O. The Hall–Kier alpha value is -0.860. The molecule has 0 spiro atoms. The Labute approximate surface area is 79.9 Å². The Bertz CT molecular complexity index is 211. The van der Waals surface area contributed by atoms with Gasteiger partial charge in [0.05, 0.1) is 5.54 Å². The molecule has 0 aliphatic rings. The van der Waals surface area contributed by atoms with Crippen LogP contribution in [-0.4, -0.2) is 17.2 Å². The second-order valence-electron chi connectivity index (χ2n) is 4.17. The monoisotopic (exact) mass is 185 g/mol. The first kappa shape index (κ1) is 12.1. The molecule has 0 bridgehead atoms. The van der Waals surface area contributed by atoms with Gasteiger partial charge in [0.15, 0.2) is 5.78 Å². The zero-order valence-electron chi connectivity index (χ0n) is 9.10. The molecule has 0 radical (unpaired) electrons. The maximum Gasteiger partial charge on any atom is 0.217 e. The number of ketones is 1. The number of hydrogen-bond acceptors (Lipinski definition) is 2. The van der Waals surface area contributed by atoms with Gasteiger partial charge in [-0.25, -0.2) is 0 Å². The Morgan fingerprint density at radius 2 is 1.77 bits per heavy atom. The lowest BCUT2D eigenvalue weighted by molar-refractivity contribution is -0.129. The molecule has 3 heteroatoms. The number of rotatable bonds is 4. The van der Waals surface area contributed by atoms with E-state index in [1.807, 2.05) is 13.8 Å². The molecule has 0 rings (SSSR count). The average Bonchev–Trinajstić information content (AvgIpc) is 1.82. The van der Waals surface area contributed by atoms with E-state index in [0.29, 0.717) is 12.3 Å². The molecular weight excluding hydrogens is 166 g/mol. The van der Waals surface area contributed by atoms with Crippen LogP contribution in [-0.2, 0) is 9.59 Å². The van der Waals surface area contributed by atoms with E-state index in [9.17, 15) is 9.59 Å². The lowest BCUT2D eigenvalue weighted by Gasteiger charge is -2.29. The molecule has 0 aliphatic carbocycles. The Morgan fingerprint density at radius 1 is 1.31 bits per heavy atom. The maximum absolute atomic E-state index is 11.3. The molecule has 76 valence electrons. The van der Waals surface area contributed by atoms with Crippen LogP contribution in [0.3, 0.4) is 0 Å². The van der Waals surface area contributed by atoms with Crippen molar-refractivity contribution < 1.29 is 9.59 Å². The molecule has 3 nitrogen and oxygen atoms in total. The highest BCUT2D eigenvalue weighted by molar-refractivity contribution is 5.90. The summed E-state index contributed by atoms with van der Waals surface area (Å²) in [4.78, 5) is 22.2. The number of hydrogen-bond donors (Lipinski definition) is 1. The molecule has 1 atom stereocenters. The van der Waals surface area contributed by atoms with Gasteiger partial charge in [0, 0.05) is 6.92 Å². The average molecular weight is 185 g/mol. The van der Waals surface area contributed by atoms with Crippen LogP contribution in [0.1, 0.15) is 41.0 Å².